The van der Waals surface area contributed by atoms with Gasteiger partial charge in [0, 0.05) is 5.92 Å². The van der Waals surface area contributed by atoms with Gasteiger partial charge in [-0.15, -0.1) is 0 Å². The maximum Gasteiger partial charge on any atom is 0.457 e. The molecule has 0 unspecified atom stereocenters. The Morgan fingerprint density at radius 2 is 1.86 bits per heavy atom. The van der Waals surface area contributed by atoms with Crippen molar-refractivity contribution in [1.82, 2.24) is 4.90 Å². The van der Waals surface area contributed by atoms with Crippen molar-refractivity contribution in [3.05, 3.63) is 28.8 Å². The summed E-state index contributed by atoms with van der Waals surface area (Å²) in [7, 11) is -0.255. The molecule has 4 saturated carbocycles. The van der Waals surface area contributed by atoms with Crippen LogP contribution in [-0.4, -0.2) is 71.6 Å². The number of aliphatic hydroxyl groups excluding tert-OH is 1. The zero-order valence-electron chi connectivity index (χ0n) is 26.4. The molecule has 0 radical (unpaired) electrons. The highest BCUT2D eigenvalue weighted by Gasteiger charge is 2.67. The third-order valence-corrected chi connectivity index (χ3v) is 11.0. The molecule has 0 spiro atoms. The third kappa shape index (κ3) is 5.28. The third-order valence-electron chi connectivity index (χ3n) is 11.0. The van der Waals surface area contributed by atoms with Crippen molar-refractivity contribution in [2.45, 2.75) is 123 Å². The summed E-state index contributed by atoms with van der Waals surface area (Å²) < 4.78 is 25.2. The lowest BCUT2D eigenvalue weighted by Gasteiger charge is -2.64. The summed E-state index contributed by atoms with van der Waals surface area (Å²) in [4.78, 5) is 28.1. The summed E-state index contributed by atoms with van der Waals surface area (Å²) in [5, 5.41) is 9.82. The quantitative estimate of drug-likeness (QED) is 0.359. The smallest absolute Gasteiger partial charge is 0.457 e. The van der Waals surface area contributed by atoms with Crippen LogP contribution in [-0.2, 0) is 25.3 Å². The molecule has 2 bridgehead atoms. The standard InChI is InChI=1S/C33H48BNO7/c1-19-20(12-13-34-41-27-16-22-15-26(32(22,5)6)33(27,7)42-34)9-11-25(28(19)30(38)40-31(2,3)4)39-24-17-35(18-24)29(37)21-8-10-23(36)14-21/h9,11,21-24,26-27,36H,8,10,12-18H2,1-7H3/t21-,22-,23-,26-,27+,33-/m0/s1. The molecule has 2 aliphatic heterocycles. The summed E-state index contributed by atoms with van der Waals surface area (Å²) in [5.74, 6) is 1.32. The van der Waals surface area contributed by atoms with E-state index in [1.165, 1.54) is 6.42 Å². The van der Waals surface area contributed by atoms with Gasteiger partial charge in [-0.25, -0.2) is 4.79 Å². The van der Waals surface area contributed by atoms with Crippen molar-refractivity contribution in [3.8, 4) is 5.75 Å². The molecule has 1 aromatic carbocycles. The Kier molecular flexibility index (Phi) is 7.50. The highest BCUT2D eigenvalue weighted by Crippen LogP contribution is 2.65. The first-order valence-corrected chi connectivity index (χ1v) is 16.0. The van der Waals surface area contributed by atoms with Gasteiger partial charge in [0.2, 0.25) is 5.91 Å². The lowest BCUT2D eigenvalue weighted by Crippen LogP contribution is -2.65. The number of hydrogen-bond acceptors (Lipinski definition) is 7. The topological polar surface area (TPSA) is 94.5 Å². The molecule has 42 heavy (non-hydrogen) atoms. The molecule has 2 heterocycles. The number of nitrogens with zero attached hydrogens (tertiary/aromatic N) is 1. The Labute approximate surface area is 250 Å². The van der Waals surface area contributed by atoms with Crippen LogP contribution in [0.15, 0.2) is 12.1 Å². The van der Waals surface area contributed by atoms with Crippen molar-refractivity contribution in [3.63, 3.8) is 0 Å². The predicted octanol–water partition coefficient (Wildman–Crippen LogP) is 4.97. The number of ether oxygens (including phenoxy) is 2. The lowest BCUT2D eigenvalue weighted by atomic mass is 9.43. The number of benzene rings is 1. The van der Waals surface area contributed by atoms with Crippen LogP contribution in [0.5, 0.6) is 5.75 Å². The van der Waals surface area contributed by atoms with E-state index in [-0.39, 0.29) is 42.9 Å². The van der Waals surface area contributed by atoms with E-state index >= 15 is 0 Å². The minimum absolute atomic E-state index is 0.0936. The molecule has 1 amide bonds. The van der Waals surface area contributed by atoms with Crippen molar-refractivity contribution in [2.24, 2.45) is 23.2 Å². The molecule has 7 rings (SSSR count). The minimum atomic E-state index is -0.645. The van der Waals surface area contributed by atoms with Gasteiger partial charge >= 0.3 is 13.1 Å². The van der Waals surface area contributed by atoms with E-state index in [0.29, 0.717) is 67.2 Å². The predicted molar refractivity (Wildman–Crippen MR) is 159 cm³/mol. The van der Waals surface area contributed by atoms with Gasteiger partial charge in [-0.1, -0.05) is 19.9 Å². The molecular formula is C33H48BNO7. The number of esters is 1. The molecule has 1 N–H and O–H groups in total. The Hall–Kier alpha value is -2.10. The van der Waals surface area contributed by atoms with Crippen LogP contribution in [0.4, 0.5) is 0 Å². The zero-order chi connectivity index (χ0) is 30.2. The molecule has 6 atom stereocenters. The second-order valence-electron chi connectivity index (χ2n) is 15.3. The fourth-order valence-corrected chi connectivity index (χ4v) is 8.34. The second kappa shape index (κ2) is 10.5. The average Bonchev–Trinajstić information content (AvgIpc) is 3.45. The van der Waals surface area contributed by atoms with Crippen LogP contribution in [0.2, 0.25) is 6.32 Å². The van der Waals surface area contributed by atoms with Gasteiger partial charge in [-0.05, 0) is 114 Å². The van der Waals surface area contributed by atoms with Gasteiger partial charge in [0.25, 0.3) is 0 Å². The molecule has 9 heteroatoms. The van der Waals surface area contributed by atoms with Crippen LogP contribution in [0, 0.1) is 30.1 Å². The summed E-state index contributed by atoms with van der Waals surface area (Å²) in [6.07, 6.45) is 5.29. The second-order valence-corrected chi connectivity index (χ2v) is 15.3. The Bertz CT molecular complexity index is 1240. The fourth-order valence-electron chi connectivity index (χ4n) is 8.34. The molecule has 8 nitrogen and oxygen atoms in total. The van der Waals surface area contributed by atoms with Gasteiger partial charge < -0.3 is 28.8 Å². The van der Waals surface area contributed by atoms with Gasteiger partial charge in [0.1, 0.15) is 23.0 Å². The molecule has 2 saturated heterocycles. The van der Waals surface area contributed by atoms with E-state index in [0.717, 1.165) is 24.0 Å². The van der Waals surface area contributed by atoms with Gasteiger partial charge in [-0.3, -0.25) is 4.79 Å². The van der Waals surface area contributed by atoms with Gasteiger partial charge in [0.05, 0.1) is 30.9 Å². The maximum absolute atomic E-state index is 13.5. The number of aliphatic hydroxyl groups is 1. The molecular weight excluding hydrogens is 533 g/mol. The Morgan fingerprint density at radius 1 is 1.12 bits per heavy atom. The highest BCUT2D eigenvalue weighted by atomic mass is 16.7. The number of aryl methyl sites for hydroxylation is 1. The van der Waals surface area contributed by atoms with Gasteiger partial charge in [0.15, 0.2) is 0 Å². The summed E-state index contributed by atoms with van der Waals surface area (Å²) in [5.41, 5.74) is 1.77. The largest absolute Gasteiger partial charge is 0.486 e. The molecule has 0 aromatic heterocycles. The number of carbonyl (C=O) groups is 2. The van der Waals surface area contributed by atoms with Crippen LogP contribution in [0.1, 0.15) is 95.1 Å². The van der Waals surface area contributed by atoms with Crippen molar-refractivity contribution in [2.75, 3.05) is 13.1 Å². The normalized spacial score (nSPS) is 33.6. The SMILES string of the molecule is Cc1c(CCB2O[C@@H]3C[C@@H]4C[C@@H](C4(C)C)[C@]3(C)O2)ccc(OC2CN(C(=O)[C@H]3CC[C@H](O)C3)C2)c1C(=O)OC(C)(C)C. The van der Waals surface area contributed by atoms with E-state index in [2.05, 4.69) is 20.8 Å². The first-order chi connectivity index (χ1) is 19.7. The van der Waals surface area contributed by atoms with Crippen molar-refractivity contribution >= 4 is 19.0 Å². The highest BCUT2D eigenvalue weighted by molar-refractivity contribution is 6.45. The number of amides is 1. The maximum atomic E-state index is 13.5. The van der Waals surface area contributed by atoms with Crippen LogP contribution < -0.4 is 4.74 Å². The lowest BCUT2D eigenvalue weighted by molar-refractivity contribution is -0.199. The summed E-state index contributed by atoms with van der Waals surface area (Å²) in [6.45, 7) is 15.5. The molecule has 6 fully saturated rings. The van der Waals surface area contributed by atoms with Gasteiger partial charge in [-0.2, -0.15) is 0 Å². The monoisotopic (exact) mass is 581 g/mol. The van der Waals surface area contributed by atoms with Crippen molar-refractivity contribution in [1.29, 1.82) is 0 Å². The van der Waals surface area contributed by atoms with Crippen LogP contribution in [0.3, 0.4) is 0 Å². The van der Waals surface area contributed by atoms with E-state index in [1.54, 1.807) is 4.90 Å². The van der Waals surface area contributed by atoms with Crippen LogP contribution >= 0.6 is 0 Å². The van der Waals surface area contributed by atoms with E-state index < -0.39 is 11.6 Å². The zero-order valence-corrected chi connectivity index (χ0v) is 26.4. The number of hydrogen-bond donors (Lipinski definition) is 1. The minimum Gasteiger partial charge on any atom is -0.486 e. The Balaban J connectivity index is 1.13. The van der Waals surface area contributed by atoms with E-state index in [9.17, 15) is 14.7 Å². The molecule has 230 valence electrons. The van der Waals surface area contributed by atoms with Crippen LogP contribution in [0.25, 0.3) is 0 Å². The summed E-state index contributed by atoms with van der Waals surface area (Å²) in [6, 6.07) is 3.90. The average molecular weight is 582 g/mol. The van der Waals surface area contributed by atoms with Crippen molar-refractivity contribution < 1.29 is 33.5 Å². The molecule has 1 aromatic rings. The summed E-state index contributed by atoms with van der Waals surface area (Å²) >= 11 is 0. The number of rotatable bonds is 7. The number of carbonyl (C=O) groups excluding carboxylic acids is 2. The molecule has 4 aliphatic carbocycles. The first-order valence-electron chi connectivity index (χ1n) is 16.0. The number of likely N-dealkylation sites (tertiary alicyclic amines) is 1. The molecule has 6 aliphatic rings. The van der Waals surface area contributed by atoms with E-state index in [1.807, 2.05) is 39.8 Å². The fraction of sp³-hybridized carbons (Fsp3) is 0.758. The first kappa shape index (κ1) is 30.0. The van der Waals surface area contributed by atoms with E-state index in [4.69, 9.17) is 18.8 Å². The Morgan fingerprint density at radius 3 is 2.50 bits per heavy atom.